The first kappa shape index (κ1) is 16.4. The number of carbonyl (C=O) groups excluding carboxylic acids is 1. The van der Waals surface area contributed by atoms with Gasteiger partial charge in [0, 0.05) is 4.88 Å². The van der Waals surface area contributed by atoms with Gasteiger partial charge in [-0.3, -0.25) is 9.59 Å². The summed E-state index contributed by atoms with van der Waals surface area (Å²) in [4.78, 5) is 33.8. The highest BCUT2D eigenvalue weighted by Crippen LogP contribution is 2.40. The van der Waals surface area contributed by atoms with Gasteiger partial charge in [-0.05, 0) is 42.7 Å². The molecule has 0 saturated heterocycles. The highest BCUT2D eigenvalue weighted by Gasteiger charge is 2.36. The van der Waals surface area contributed by atoms with Crippen molar-refractivity contribution in [2.45, 2.75) is 31.9 Å². The van der Waals surface area contributed by atoms with Crippen molar-refractivity contribution in [2.75, 3.05) is 0 Å². The fraction of sp³-hybridized carbons (Fsp3) is 0.353. The summed E-state index contributed by atoms with van der Waals surface area (Å²) in [6.45, 7) is 1.78. The zero-order chi connectivity index (χ0) is 17.6. The minimum atomic E-state index is -0.279. The fourth-order valence-corrected chi connectivity index (χ4v) is 5.22. The summed E-state index contributed by atoms with van der Waals surface area (Å²) in [5.74, 6) is 0.0357. The number of nitrogens with one attached hydrogen (secondary N) is 2. The second-order valence-corrected chi connectivity index (χ2v) is 8.30. The number of fused-ring (bicyclic) bond motifs is 1. The van der Waals surface area contributed by atoms with E-state index in [9.17, 15) is 14.7 Å². The highest BCUT2D eigenvalue weighted by molar-refractivity contribution is 7.20. The first-order chi connectivity index (χ1) is 12.0. The van der Waals surface area contributed by atoms with Crippen LogP contribution in [0, 0.1) is 12.8 Å². The topological polar surface area (TPSA) is 95.1 Å². The molecule has 130 valence electrons. The fourth-order valence-electron chi connectivity index (χ4n) is 3.29. The maximum absolute atomic E-state index is 12.9. The van der Waals surface area contributed by atoms with Crippen LogP contribution in [-0.2, 0) is 0 Å². The van der Waals surface area contributed by atoms with Crippen LogP contribution in [0.1, 0.15) is 39.0 Å². The molecule has 6 nitrogen and oxygen atoms in total. The van der Waals surface area contributed by atoms with Gasteiger partial charge in [0.15, 0.2) is 0 Å². The zero-order valence-electron chi connectivity index (χ0n) is 13.5. The average Bonchev–Trinajstić information content (AvgIpc) is 3.19. The van der Waals surface area contributed by atoms with Crippen molar-refractivity contribution >= 4 is 38.8 Å². The van der Waals surface area contributed by atoms with Gasteiger partial charge in [-0.15, -0.1) is 22.7 Å². The lowest BCUT2D eigenvalue weighted by atomic mass is 9.76. The summed E-state index contributed by atoms with van der Waals surface area (Å²) >= 11 is 2.83. The Bertz CT molecular complexity index is 971. The summed E-state index contributed by atoms with van der Waals surface area (Å²) in [7, 11) is 0. The molecule has 0 radical (unpaired) electrons. The van der Waals surface area contributed by atoms with E-state index < -0.39 is 0 Å². The van der Waals surface area contributed by atoms with Crippen LogP contribution in [0.25, 0.3) is 10.2 Å². The van der Waals surface area contributed by atoms with Gasteiger partial charge in [-0.25, -0.2) is 4.98 Å². The molecular weight excluding hydrogens is 358 g/mol. The van der Waals surface area contributed by atoms with E-state index in [0.717, 1.165) is 4.88 Å². The van der Waals surface area contributed by atoms with E-state index in [4.69, 9.17) is 0 Å². The number of carbonyl (C=O) groups is 1. The molecule has 1 saturated carbocycles. The molecule has 0 bridgehead atoms. The first-order valence-electron chi connectivity index (χ1n) is 8.03. The van der Waals surface area contributed by atoms with Crippen molar-refractivity contribution in [3.05, 3.63) is 49.5 Å². The molecule has 1 fully saturated rings. The largest absolute Gasteiger partial charge is 0.393 e. The molecule has 3 heterocycles. The Morgan fingerprint density at radius 2 is 2.28 bits per heavy atom. The number of aromatic nitrogens is 2. The molecule has 0 aromatic carbocycles. The van der Waals surface area contributed by atoms with Crippen molar-refractivity contribution < 1.29 is 9.90 Å². The highest BCUT2D eigenvalue weighted by atomic mass is 32.1. The van der Waals surface area contributed by atoms with Crippen LogP contribution >= 0.6 is 22.7 Å². The maximum Gasteiger partial charge on any atom is 0.262 e. The first-order valence-corrected chi connectivity index (χ1v) is 9.73. The van der Waals surface area contributed by atoms with E-state index in [0.29, 0.717) is 33.5 Å². The summed E-state index contributed by atoms with van der Waals surface area (Å²) in [5, 5.41) is 15.2. The van der Waals surface area contributed by atoms with Crippen molar-refractivity contribution in [2.24, 2.45) is 5.92 Å². The number of hydrogen-bond donors (Lipinski definition) is 3. The number of hydrogen-bond acceptors (Lipinski definition) is 6. The van der Waals surface area contributed by atoms with Gasteiger partial charge in [0.05, 0.1) is 28.7 Å². The third kappa shape index (κ3) is 2.90. The zero-order valence-corrected chi connectivity index (χ0v) is 15.1. The van der Waals surface area contributed by atoms with E-state index in [2.05, 4.69) is 15.3 Å². The molecule has 3 aromatic heterocycles. The van der Waals surface area contributed by atoms with E-state index in [1.54, 1.807) is 18.3 Å². The molecule has 4 rings (SSSR count). The Kier molecular flexibility index (Phi) is 4.18. The van der Waals surface area contributed by atoms with Crippen molar-refractivity contribution in [3.63, 3.8) is 0 Å². The lowest BCUT2D eigenvalue weighted by molar-refractivity contribution is 0.0241. The third-order valence-electron chi connectivity index (χ3n) is 4.70. The van der Waals surface area contributed by atoms with Crippen LogP contribution in [0.15, 0.2) is 28.6 Å². The van der Waals surface area contributed by atoms with Crippen LogP contribution in [0.3, 0.4) is 0 Å². The summed E-state index contributed by atoms with van der Waals surface area (Å²) in [6.07, 6.45) is 2.45. The summed E-state index contributed by atoms with van der Waals surface area (Å²) in [6, 6.07) is 3.85. The van der Waals surface area contributed by atoms with Gasteiger partial charge in [-0.1, -0.05) is 6.07 Å². The second-order valence-electron chi connectivity index (χ2n) is 6.32. The molecule has 8 heteroatoms. The lowest BCUT2D eigenvalue weighted by Gasteiger charge is -2.37. The number of H-pyrrole nitrogens is 1. The SMILES string of the molecule is Cc1c(C(=O)NC(c2cccs2)C2CC(O)C2)sc2nc[nH]c(=O)c12. The Balaban J connectivity index is 1.65. The van der Waals surface area contributed by atoms with Crippen LogP contribution in [0.2, 0.25) is 0 Å². The number of aliphatic hydroxyl groups is 1. The molecule has 1 atom stereocenters. The number of aryl methyl sites for hydroxylation is 1. The normalized spacial score (nSPS) is 21.0. The predicted octanol–water partition coefficient (Wildman–Crippen LogP) is 2.60. The predicted molar refractivity (Wildman–Crippen MR) is 98.2 cm³/mol. The van der Waals surface area contributed by atoms with Gasteiger partial charge in [-0.2, -0.15) is 0 Å². The van der Waals surface area contributed by atoms with Crippen molar-refractivity contribution in [3.8, 4) is 0 Å². The quantitative estimate of drug-likeness (QED) is 0.653. The minimum absolute atomic E-state index is 0.119. The molecular formula is C17H17N3O3S2. The van der Waals surface area contributed by atoms with Gasteiger partial charge in [0.2, 0.25) is 0 Å². The van der Waals surface area contributed by atoms with E-state index in [-0.39, 0.29) is 29.5 Å². The number of aromatic amines is 1. The molecule has 1 aliphatic carbocycles. The number of aliphatic hydroxyl groups excluding tert-OH is 1. The molecule has 0 spiro atoms. The average molecular weight is 375 g/mol. The Morgan fingerprint density at radius 3 is 2.92 bits per heavy atom. The number of nitrogens with zero attached hydrogens (tertiary/aromatic N) is 1. The van der Waals surface area contributed by atoms with Gasteiger partial charge in [0.1, 0.15) is 4.83 Å². The van der Waals surface area contributed by atoms with E-state index in [1.165, 1.54) is 17.7 Å². The molecule has 1 unspecified atom stereocenters. The van der Waals surface area contributed by atoms with Crippen molar-refractivity contribution in [1.82, 2.24) is 15.3 Å². The molecule has 1 aliphatic rings. The third-order valence-corrected chi connectivity index (χ3v) is 6.85. The molecule has 3 aromatic rings. The van der Waals surface area contributed by atoms with E-state index >= 15 is 0 Å². The minimum Gasteiger partial charge on any atom is -0.393 e. The molecule has 3 N–H and O–H groups in total. The van der Waals surface area contributed by atoms with Crippen LogP contribution < -0.4 is 10.9 Å². The standard InChI is InChI=1S/C17H17N3O3S2/c1-8-12-15(22)18-7-19-17(12)25-14(8)16(23)20-13(9-5-10(21)6-9)11-3-2-4-24-11/h2-4,7,9-10,13,21H,5-6H2,1H3,(H,20,23)(H,18,19,22). The lowest BCUT2D eigenvalue weighted by Crippen LogP contribution is -2.41. The van der Waals surface area contributed by atoms with Crippen LogP contribution in [0.4, 0.5) is 0 Å². The number of rotatable bonds is 4. The van der Waals surface area contributed by atoms with Gasteiger partial charge < -0.3 is 15.4 Å². The smallest absolute Gasteiger partial charge is 0.262 e. The Labute approximate surface area is 151 Å². The summed E-state index contributed by atoms with van der Waals surface area (Å²) in [5.41, 5.74) is 0.431. The monoisotopic (exact) mass is 375 g/mol. The maximum atomic E-state index is 12.9. The molecule has 0 aliphatic heterocycles. The summed E-state index contributed by atoms with van der Waals surface area (Å²) < 4.78 is 0. The Hall–Kier alpha value is -2.03. The van der Waals surface area contributed by atoms with Crippen molar-refractivity contribution in [1.29, 1.82) is 0 Å². The Morgan fingerprint density at radius 1 is 1.48 bits per heavy atom. The number of amides is 1. The molecule has 1 amide bonds. The van der Waals surface area contributed by atoms with Crippen LogP contribution in [0.5, 0.6) is 0 Å². The molecule has 25 heavy (non-hydrogen) atoms. The second kappa shape index (κ2) is 6.36. The van der Waals surface area contributed by atoms with Gasteiger partial charge in [0.25, 0.3) is 11.5 Å². The van der Waals surface area contributed by atoms with E-state index in [1.807, 2.05) is 17.5 Å². The number of thiophene rings is 2. The van der Waals surface area contributed by atoms with Crippen LogP contribution in [-0.4, -0.2) is 27.1 Å². The van der Waals surface area contributed by atoms with Gasteiger partial charge >= 0.3 is 0 Å².